The average molecular weight is 412 g/mol. The van der Waals surface area contributed by atoms with Gasteiger partial charge in [-0.3, -0.25) is 9.69 Å². The maximum Gasteiger partial charge on any atom is 0.254 e. The van der Waals surface area contributed by atoms with E-state index in [-0.39, 0.29) is 5.91 Å². The predicted octanol–water partition coefficient (Wildman–Crippen LogP) is 2.76. The maximum atomic E-state index is 12.0. The van der Waals surface area contributed by atoms with Crippen LogP contribution in [0.25, 0.3) is 0 Å². The van der Waals surface area contributed by atoms with E-state index in [1.807, 2.05) is 42.2 Å². The molecule has 160 valence electrons. The van der Waals surface area contributed by atoms with Gasteiger partial charge >= 0.3 is 0 Å². The van der Waals surface area contributed by atoms with Crippen LogP contribution in [0.2, 0.25) is 0 Å². The largest absolute Gasteiger partial charge is 0.490 e. The van der Waals surface area contributed by atoms with E-state index < -0.39 is 0 Å². The summed E-state index contributed by atoms with van der Waals surface area (Å²) in [6.45, 7) is 8.14. The third kappa shape index (κ3) is 6.86. The molecule has 2 aromatic rings. The van der Waals surface area contributed by atoms with Crippen molar-refractivity contribution in [1.29, 1.82) is 0 Å². The van der Waals surface area contributed by atoms with Gasteiger partial charge in [-0.25, -0.2) is 5.43 Å². The minimum atomic E-state index is -0.142. The number of hydrogen-bond acceptors (Lipinski definition) is 6. The van der Waals surface area contributed by atoms with Crippen molar-refractivity contribution in [1.82, 2.24) is 10.3 Å². The van der Waals surface area contributed by atoms with Gasteiger partial charge in [-0.2, -0.15) is 5.10 Å². The number of hydrazone groups is 1. The van der Waals surface area contributed by atoms with Gasteiger partial charge < -0.3 is 14.2 Å². The first kappa shape index (κ1) is 21.8. The fourth-order valence-electron chi connectivity index (χ4n) is 3.13. The second-order valence-corrected chi connectivity index (χ2v) is 7.10. The number of nitrogens with zero attached hydrogens (tertiary/aromatic N) is 2. The molecule has 0 saturated carbocycles. The van der Waals surface area contributed by atoms with Crippen molar-refractivity contribution >= 4 is 12.1 Å². The monoisotopic (exact) mass is 411 g/mol. The van der Waals surface area contributed by atoms with Crippen LogP contribution >= 0.6 is 0 Å². The standard InChI is InChI=1S/C23H29N3O4/c1-3-29-22-14-19(15-24-25-23(27)16-26-9-11-28-12-10-26)7-8-21(22)30-17-20-6-4-5-18(2)13-20/h4-8,13-15H,3,9-12,16-17H2,1-2H3,(H,25,27)/b24-15+. The normalized spacial score (nSPS) is 14.6. The van der Waals surface area contributed by atoms with Gasteiger partial charge in [-0.1, -0.05) is 29.8 Å². The Morgan fingerprint density at radius 3 is 2.77 bits per heavy atom. The molecule has 0 aromatic heterocycles. The Labute approximate surface area is 177 Å². The lowest BCUT2D eigenvalue weighted by molar-refractivity contribution is -0.123. The summed E-state index contributed by atoms with van der Waals surface area (Å²) in [5, 5.41) is 4.06. The molecule has 0 unspecified atom stereocenters. The number of carbonyl (C=O) groups excluding carboxylic acids is 1. The minimum Gasteiger partial charge on any atom is -0.490 e. The summed E-state index contributed by atoms with van der Waals surface area (Å²) < 4.78 is 17.0. The molecule has 0 atom stereocenters. The average Bonchev–Trinajstić information content (AvgIpc) is 2.74. The lowest BCUT2D eigenvalue weighted by Gasteiger charge is -2.25. The van der Waals surface area contributed by atoms with E-state index in [0.29, 0.717) is 44.5 Å². The molecule has 1 aliphatic heterocycles. The summed E-state index contributed by atoms with van der Waals surface area (Å²) in [6, 6.07) is 13.8. The molecule has 0 radical (unpaired) electrons. The quantitative estimate of drug-likeness (QED) is 0.507. The van der Waals surface area contributed by atoms with Crippen molar-refractivity contribution in [2.45, 2.75) is 20.5 Å². The van der Waals surface area contributed by atoms with Crippen LogP contribution in [-0.4, -0.2) is 56.5 Å². The molecule has 1 amide bonds. The van der Waals surface area contributed by atoms with Gasteiger partial charge in [-0.15, -0.1) is 0 Å². The van der Waals surface area contributed by atoms with Gasteiger partial charge in [-0.05, 0) is 43.2 Å². The molecule has 30 heavy (non-hydrogen) atoms. The maximum absolute atomic E-state index is 12.0. The van der Waals surface area contributed by atoms with Gasteiger partial charge in [0.25, 0.3) is 5.91 Å². The first-order valence-electron chi connectivity index (χ1n) is 10.2. The topological polar surface area (TPSA) is 72.4 Å². The third-order valence-electron chi connectivity index (χ3n) is 4.62. The van der Waals surface area contributed by atoms with E-state index in [0.717, 1.165) is 24.2 Å². The number of rotatable bonds is 9. The third-order valence-corrected chi connectivity index (χ3v) is 4.62. The Hall–Kier alpha value is -2.90. The lowest BCUT2D eigenvalue weighted by atomic mass is 10.1. The van der Waals surface area contributed by atoms with Crippen molar-refractivity contribution in [3.05, 3.63) is 59.2 Å². The van der Waals surface area contributed by atoms with E-state index in [2.05, 4.69) is 29.6 Å². The highest BCUT2D eigenvalue weighted by molar-refractivity contribution is 5.83. The van der Waals surface area contributed by atoms with Crippen molar-refractivity contribution in [2.75, 3.05) is 39.5 Å². The number of amides is 1. The Morgan fingerprint density at radius 1 is 1.17 bits per heavy atom. The Kier molecular flexibility index (Phi) is 8.23. The second kappa shape index (κ2) is 11.3. The van der Waals surface area contributed by atoms with E-state index in [1.54, 1.807) is 6.21 Å². The van der Waals surface area contributed by atoms with Crippen LogP contribution in [0, 0.1) is 6.92 Å². The fourth-order valence-corrected chi connectivity index (χ4v) is 3.13. The highest BCUT2D eigenvalue weighted by Gasteiger charge is 2.13. The van der Waals surface area contributed by atoms with Crippen LogP contribution in [0.1, 0.15) is 23.6 Å². The second-order valence-electron chi connectivity index (χ2n) is 7.10. The van der Waals surface area contributed by atoms with Crippen LogP contribution in [0.5, 0.6) is 11.5 Å². The molecular weight excluding hydrogens is 382 g/mol. The summed E-state index contributed by atoms with van der Waals surface area (Å²) >= 11 is 0. The molecule has 1 fully saturated rings. The van der Waals surface area contributed by atoms with Crippen LogP contribution in [0.3, 0.4) is 0 Å². The summed E-state index contributed by atoms with van der Waals surface area (Å²) in [4.78, 5) is 14.1. The van der Waals surface area contributed by atoms with Gasteiger partial charge in [0.2, 0.25) is 0 Å². The van der Waals surface area contributed by atoms with Crippen LogP contribution < -0.4 is 14.9 Å². The molecule has 3 rings (SSSR count). The Morgan fingerprint density at radius 2 is 2.00 bits per heavy atom. The first-order valence-corrected chi connectivity index (χ1v) is 10.2. The molecule has 1 N–H and O–H groups in total. The molecule has 1 aliphatic rings. The van der Waals surface area contributed by atoms with Gasteiger partial charge in [0.05, 0.1) is 32.6 Å². The summed E-state index contributed by atoms with van der Waals surface area (Å²) in [5.74, 6) is 1.18. The smallest absolute Gasteiger partial charge is 0.254 e. The van der Waals surface area contributed by atoms with E-state index in [9.17, 15) is 4.79 Å². The van der Waals surface area contributed by atoms with E-state index in [4.69, 9.17) is 14.2 Å². The first-order chi connectivity index (χ1) is 14.6. The summed E-state index contributed by atoms with van der Waals surface area (Å²) in [5.41, 5.74) is 5.69. The Bertz CT molecular complexity index is 863. The molecule has 7 nitrogen and oxygen atoms in total. The molecule has 1 heterocycles. The number of benzene rings is 2. The number of ether oxygens (including phenoxy) is 3. The summed E-state index contributed by atoms with van der Waals surface area (Å²) in [7, 11) is 0. The summed E-state index contributed by atoms with van der Waals surface area (Å²) in [6.07, 6.45) is 1.60. The van der Waals surface area contributed by atoms with Crippen molar-refractivity contribution < 1.29 is 19.0 Å². The van der Waals surface area contributed by atoms with Crippen molar-refractivity contribution in [3.63, 3.8) is 0 Å². The number of hydrogen-bond donors (Lipinski definition) is 1. The van der Waals surface area contributed by atoms with Gasteiger partial charge in [0.1, 0.15) is 6.61 Å². The van der Waals surface area contributed by atoms with Crippen LogP contribution in [0.4, 0.5) is 0 Å². The molecule has 0 spiro atoms. The molecule has 7 heteroatoms. The molecule has 1 saturated heterocycles. The molecular formula is C23H29N3O4. The molecule has 2 aromatic carbocycles. The van der Waals surface area contributed by atoms with E-state index >= 15 is 0 Å². The van der Waals surface area contributed by atoms with Crippen molar-refractivity contribution in [2.24, 2.45) is 5.10 Å². The zero-order valence-corrected chi connectivity index (χ0v) is 17.6. The van der Waals surface area contributed by atoms with Crippen molar-refractivity contribution in [3.8, 4) is 11.5 Å². The highest BCUT2D eigenvalue weighted by Crippen LogP contribution is 2.29. The van der Waals surface area contributed by atoms with E-state index in [1.165, 1.54) is 5.56 Å². The number of carbonyl (C=O) groups is 1. The SMILES string of the molecule is CCOc1cc(/C=N/NC(=O)CN2CCOCC2)ccc1OCc1cccc(C)c1. The number of nitrogens with one attached hydrogen (secondary N) is 1. The van der Waals surface area contributed by atoms with Gasteiger partial charge in [0.15, 0.2) is 11.5 Å². The zero-order chi connectivity index (χ0) is 21.2. The minimum absolute atomic E-state index is 0.142. The predicted molar refractivity (Wildman–Crippen MR) is 116 cm³/mol. The van der Waals surface area contributed by atoms with Crippen LogP contribution in [0.15, 0.2) is 47.6 Å². The fraction of sp³-hybridized carbons (Fsp3) is 0.391. The zero-order valence-electron chi connectivity index (χ0n) is 17.6. The molecule has 0 aliphatic carbocycles. The number of morpholine rings is 1. The highest BCUT2D eigenvalue weighted by atomic mass is 16.5. The molecule has 0 bridgehead atoms. The van der Waals surface area contributed by atoms with Crippen LogP contribution in [-0.2, 0) is 16.1 Å². The van der Waals surface area contributed by atoms with Gasteiger partial charge in [0, 0.05) is 13.1 Å². The lowest BCUT2D eigenvalue weighted by Crippen LogP contribution is -2.42. The Balaban J connectivity index is 1.56. The number of aryl methyl sites for hydroxylation is 1.